The Balaban J connectivity index is 1.10. The highest BCUT2D eigenvalue weighted by Gasteiger charge is 2.40. The van der Waals surface area contributed by atoms with Gasteiger partial charge in [-0.25, -0.2) is 0 Å². The summed E-state index contributed by atoms with van der Waals surface area (Å²) >= 11 is 0. The van der Waals surface area contributed by atoms with Crippen LogP contribution < -0.4 is 25.9 Å². The zero-order chi connectivity index (χ0) is 30.6. The van der Waals surface area contributed by atoms with E-state index in [1.807, 2.05) is 6.07 Å². The lowest BCUT2D eigenvalue weighted by Crippen LogP contribution is -2.57. The Morgan fingerprint density at radius 1 is 0.362 bits per heavy atom. The molecule has 11 rings (SSSR count). The number of hydrogen-bond acceptors (Lipinski definition) is 2. The molecule has 7 aromatic carbocycles. The summed E-state index contributed by atoms with van der Waals surface area (Å²) in [7, 11) is 0. The number of nitrogens with zero attached hydrogens (tertiary/aromatic N) is 2. The molecule has 0 unspecified atom stereocenters. The normalized spacial score (nSPS) is 13.0. The quantitative estimate of drug-likeness (QED) is 0.186. The van der Waals surface area contributed by atoms with Crippen LogP contribution in [0, 0.1) is 0 Å². The minimum atomic E-state index is -0.00639. The first-order valence-corrected chi connectivity index (χ1v) is 16.1. The second-order valence-corrected chi connectivity index (χ2v) is 12.5. The largest absolute Gasteiger partial charge is 0.458 e. The van der Waals surface area contributed by atoms with Crippen LogP contribution in [0.3, 0.4) is 0 Å². The van der Waals surface area contributed by atoms with Crippen LogP contribution >= 0.6 is 0 Å². The van der Waals surface area contributed by atoms with Gasteiger partial charge in [0.05, 0.1) is 22.1 Å². The van der Waals surface area contributed by atoms with Crippen molar-refractivity contribution in [2.75, 3.05) is 0 Å². The molecule has 0 saturated carbocycles. The molecule has 0 saturated heterocycles. The number of hydrogen-bond donors (Lipinski definition) is 0. The zero-order valence-electron chi connectivity index (χ0n) is 25.2. The maximum atomic E-state index is 6.68. The zero-order valence-corrected chi connectivity index (χ0v) is 25.2. The van der Waals surface area contributed by atoms with Gasteiger partial charge in [-0.1, -0.05) is 91.0 Å². The third-order valence-electron chi connectivity index (χ3n) is 10.0. The molecule has 0 spiro atoms. The van der Waals surface area contributed by atoms with E-state index in [4.69, 9.17) is 9.47 Å². The van der Waals surface area contributed by atoms with E-state index in [0.29, 0.717) is 0 Å². The number of ether oxygens (including phenoxy) is 2. The standard InChI is InChI=1S/C42H25BN2O2/c1-5-14-34-28(10-1)29-11-2-6-15-35(29)44(34)26-20-22-32-40(24-26)46-38-18-9-19-39-42(38)43(32)33-23-21-27(25-41(33)47-39)45-36-16-7-3-12-30(36)31-13-4-8-17-37(31)45/h1-25H. The molecule has 218 valence electrons. The second kappa shape index (κ2) is 9.18. The average molecular weight is 600 g/mol. The molecule has 9 aromatic rings. The molecule has 2 aliphatic heterocycles. The van der Waals surface area contributed by atoms with Gasteiger partial charge in [0.25, 0.3) is 6.71 Å². The summed E-state index contributed by atoms with van der Waals surface area (Å²) in [5, 5.41) is 4.98. The van der Waals surface area contributed by atoms with Gasteiger partial charge in [0, 0.05) is 50.5 Å². The Hall–Kier alpha value is -6.20. The molecule has 0 fully saturated rings. The lowest BCUT2D eigenvalue weighted by molar-refractivity contribution is 0.464. The Morgan fingerprint density at radius 3 is 1.15 bits per heavy atom. The summed E-state index contributed by atoms with van der Waals surface area (Å²) in [5.74, 6) is 3.43. The Labute approximate surface area is 270 Å². The van der Waals surface area contributed by atoms with E-state index in [0.717, 1.165) is 50.8 Å². The van der Waals surface area contributed by atoms with E-state index in [-0.39, 0.29) is 6.71 Å². The molecule has 0 radical (unpaired) electrons. The van der Waals surface area contributed by atoms with Gasteiger partial charge in [0.1, 0.15) is 23.0 Å². The summed E-state index contributed by atoms with van der Waals surface area (Å²) in [5.41, 5.74) is 10.3. The van der Waals surface area contributed by atoms with E-state index in [2.05, 4.69) is 155 Å². The van der Waals surface area contributed by atoms with Crippen molar-refractivity contribution in [2.45, 2.75) is 0 Å². The number of rotatable bonds is 2. The molecule has 0 bridgehead atoms. The molecule has 2 aromatic heterocycles. The highest BCUT2D eigenvalue weighted by molar-refractivity contribution is 6.98. The van der Waals surface area contributed by atoms with E-state index in [9.17, 15) is 0 Å². The maximum Gasteiger partial charge on any atom is 0.260 e. The van der Waals surface area contributed by atoms with Crippen molar-refractivity contribution in [3.05, 3.63) is 152 Å². The molecule has 4 nitrogen and oxygen atoms in total. The SMILES string of the molecule is c1cc2c3c(c1)Oc1cc(-n4c5ccccc5c5ccccc54)ccc1B3c1ccc(-n3c4ccccc4c4ccccc43)cc1O2. The Kier molecular flexibility index (Phi) is 4.89. The minimum Gasteiger partial charge on any atom is -0.458 e. The molecule has 0 aliphatic carbocycles. The van der Waals surface area contributed by atoms with Crippen LogP contribution in [0.25, 0.3) is 55.0 Å². The summed E-state index contributed by atoms with van der Waals surface area (Å²) in [4.78, 5) is 0. The maximum absolute atomic E-state index is 6.68. The molecule has 4 heterocycles. The van der Waals surface area contributed by atoms with Gasteiger partial charge >= 0.3 is 0 Å². The predicted octanol–water partition coefficient (Wildman–Crippen LogP) is 8.61. The molecule has 0 amide bonds. The third kappa shape index (κ3) is 3.38. The summed E-state index contributed by atoms with van der Waals surface area (Å²) in [6.07, 6.45) is 0. The van der Waals surface area contributed by atoms with Crippen LogP contribution in [0.4, 0.5) is 0 Å². The summed E-state index contributed by atoms with van der Waals surface area (Å²) in [6.45, 7) is -0.00639. The second-order valence-electron chi connectivity index (χ2n) is 12.5. The van der Waals surface area contributed by atoms with Crippen molar-refractivity contribution in [3.63, 3.8) is 0 Å². The van der Waals surface area contributed by atoms with Crippen molar-refractivity contribution in [3.8, 4) is 34.4 Å². The van der Waals surface area contributed by atoms with Crippen molar-refractivity contribution >= 4 is 66.7 Å². The number of aromatic nitrogens is 2. The monoisotopic (exact) mass is 600 g/mol. The van der Waals surface area contributed by atoms with E-state index in [1.165, 1.54) is 43.6 Å². The highest BCUT2D eigenvalue weighted by atomic mass is 16.5. The molecule has 47 heavy (non-hydrogen) atoms. The van der Waals surface area contributed by atoms with Gasteiger partial charge in [0.15, 0.2) is 0 Å². The molecule has 5 heteroatoms. The molecule has 0 N–H and O–H groups in total. The van der Waals surface area contributed by atoms with Crippen LogP contribution in [0.1, 0.15) is 0 Å². The van der Waals surface area contributed by atoms with Crippen molar-refractivity contribution in [2.24, 2.45) is 0 Å². The van der Waals surface area contributed by atoms with E-state index in [1.54, 1.807) is 0 Å². The first-order valence-electron chi connectivity index (χ1n) is 16.1. The Bertz CT molecular complexity index is 2480. The van der Waals surface area contributed by atoms with Crippen LogP contribution in [0.5, 0.6) is 23.0 Å². The van der Waals surface area contributed by atoms with Crippen molar-refractivity contribution < 1.29 is 9.47 Å². The summed E-state index contributed by atoms with van der Waals surface area (Å²) < 4.78 is 18.1. The van der Waals surface area contributed by atoms with E-state index >= 15 is 0 Å². The lowest BCUT2D eigenvalue weighted by atomic mass is 9.35. The summed E-state index contributed by atoms with van der Waals surface area (Å²) in [6, 6.07) is 54.0. The fourth-order valence-electron chi connectivity index (χ4n) is 8.08. The molecule has 2 aliphatic rings. The van der Waals surface area contributed by atoms with Crippen molar-refractivity contribution in [1.29, 1.82) is 0 Å². The van der Waals surface area contributed by atoms with Crippen LogP contribution in [-0.4, -0.2) is 15.8 Å². The van der Waals surface area contributed by atoms with Gasteiger partial charge in [-0.3, -0.25) is 0 Å². The number of fused-ring (bicyclic) bond motifs is 10. The smallest absolute Gasteiger partial charge is 0.260 e. The van der Waals surface area contributed by atoms with Crippen LogP contribution in [-0.2, 0) is 0 Å². The van der Waals surface area contributed by atoms with Crippen LogP contribution in [0.2, 0.25) is 0 Å². The molecular weight excluding hydrogens is 575 g/mol. The number of para-hydroxylation sites is 4. The van der Waals surface area contributed by atoms with Crippen molar-refractivity contribution in [1.82, 2.24) is 9.13 Å². The lowest BCUT2D eigenvalue weighted by Gasteiger charge is -2.33. The predicted molar refractivity (Wildman–Crippen MR) is 193 cm³/mol. The fraction of sp³-hybridized carbons (Fsp3) is 0. The first kappa shape index (κ1) is 25.0. The molecular formula is C42H25BN2O2. The highest BCUT2D eigenvalue weighted by Crippen LogP contribution is 2.39. The van der Waals surface area contributed by atoms with Gasteiger partial charge < -0.3 is 18.6 Å². The average Bonchev–Trinajstić information content (AvgIpc) is 3.64. The van der Waals surface area contributed by atoms with E-state index < -0.39 is 0 Å². The minimum absolute atomic E-state index is 0.00639. The van der Waals surface area contributed by atoms with Gasteiger partial charge in [-0.15, -0.1) is 0 Å². The topological polar surface area (TPSA) is 28.3 Å². The first-order chi connectivity index (χ1) is 23.3. The third-order valence-corrected chi connectivity index (χ3v) is 10.0. The van der Waals surface area contributed by atoms with Gasteiger partial charge in [0.2, 0.25) is 0 Å². The van der Waals surface area contributed by atoms with Crippen LogP contribution in [0.15, 0.2) is 152 Å². The van der Waals surface area contributed by atoms with Gasteiger partial charge in [-0.05, 0) is 59.5 Å². The molecule has 0 atom stereocenters. The van der Waals surface area contributed by atoms with Gasteiger partial charge in [-0.2, -0.15) is 0 Å². The Morgan fingerprint density at radius 2 is 0.745 bits per heavy atom. The number of benzene rings is 7. The fourth-order valence-corrected chi connectivity index (χ4v) is 8.08.